The lowest BCUT2D eigenvalue weighted by atomic mass is 9.98. The van der Waals surface area contributed by atoms with E-state index in [9.17, 15) is 0 Å². The second-order valence-corrected chi connectivity index (χ2v) is 4.78. The first kappa shape index (κ1) is 12.6. The third-order valence-corrected chi connectivity index (χ3v) is 3.45. The number of aliphatic imine (C=N–C) groups is 1. The van der Waals surface area contributed by atoms with Crippen molar-refractivity contribution in [2.45, 2.75) is 13.3 Å². The van der Waals surface area contributed by atoms with Gasteiger partial charge in [-0.3, -0.25) is 4.99 Å². The second kappa shape index (κ2) is 5.70. The molecule has 1 nitrogen and oxygen atoms in total. The highest BCUT2D eigenvalue weighted by Gasteiger charge is 2.02. The third-order valence-electron chi connectivity index (χ3n) is 3.45. The Bertz CT molecular complexity index is 797. The Morgan fingerprint density at radius 3 is 2.60 bits per heavy atom. The molecule has 98 valence electrons. The highest BCUT2D eigenvalue weighted by molar-refractivity contribution is 6.09. The zero-order valence-corrected chi connectivity index (χ0v) is 11.6. The zero-order valence-electron chi connectivity index (χ0n) is 11.6. The number of benzene rings is 3. The normalized spacial score (nSPS) is 12.1. The number of rotatable bonds is 3. The Kier molecular flexibility index (Phi) is 3.60. The van der Waals surface area contributed by atoms with Crippen molar-refractivity contribution in [2.75, 3.05) is 0 Å². The molecule has 0 spiro atoms. The molecule has 0 aliphatic rings. The van der Waals surface area contributed by atoms with Crippen LogP contribution in [0.25, 0.3) is 27.6 Å². The fraction of sp³-hybridized carbons (Fsp3) is 0.105. The van der Waals surface area contributed by atoms with Crippen molar-refractivity contribution in [1.29, 1.82) is 0 Å². The molecule has 3 rings (SSSR count). The number of nitrogens with zero attached hydrogens (tertiary/aromatic N) is 1. The van der Waals surface area contributed by atoms with Crippen LogP contribution in [0.2, 0.25) is 0 Å². The van der Waals surface area contributed by atoms with Gasteiger partial charge in [-0.05, 0) is 39.6 Å². The minimum Gasteiger partial charge on any atom is -0.269 e. The quantitative estimate of drug-likeness (QED) is 0.438. The van der Waals surface area contributed by atoms with Gasteiger partial charge in [0.1, 0.15) is 0 Å². The maximum Gasteiger partial charge on any atom is 0.0270 e. The molecule has 0 aliphatic carbocycles. The Morgan fingerprint density at radius 1 is 0.850 bits per heavy atom. The highest BCUT2D eigenvalue weighted by Crippen LogP contribution is 2.28. The molecule has 0 amide bonds. The van der Waals surface area contributed by atoms with Crippen LogP contribution in [0.3, 0.4) is 0 Å². The van der Waals surface area contributed by atoms with Crippen molar-refractivity contribution in [3.8, 4) is 0 Å². The van der Waals surface area contributed by atoms with E-state index < -0.39 is 0 Å². The molecule has 0 atom stereocenters. The second-order valence-electron chi connectivity index (χ2n) is 4.78. The summed E-state index contributed by atoms with van der Waals surface area (Å²) in [6.45, 7) is 2.08. The van der Waals surface area contributed by atoms with Crippen LogP contribution in [0.5, 0.6) is 0 Å². The molecule has 3 aromatic rings. The number of fused-ring (bicyclic) bond motifs is 3. The number of hydrogen-bond donors (Lipinski definition) is 0. The van der Waals surface area contributed by atoms with Crippen molar-refractivity contribution in [3.63, 3.8) is 0 Å². The minimum atomic E-state index is 0.963. The van der Waals surface area contributed by atoms with E-state index in [-0.39, 0.29) is 0 Å². The van der Waals surface area contributed by atoms with E-state index in [1.807, 2.05) is 12.4 Å². The lowest BCUT2D eigenvalue weighted by Crippen LogP contribution is -1.81. The Morgan fingerprint density at radius 2 is 1.70 bits per heavy atom. The van der Waals surface area contributed by atoms with E-state index >= 15 is 0 Å². The van der Waals surface area contributed by atoms with Gasteiger partial charge >= 0.3 is 0 Å². The van der Waals surface area contributed by atoms with Crippen LogP contribution in [-0.2, 0) is 0 Å². The monoisotopic (exact) mass is 259 g/mol. The van der Waals surface area contributed by atoms with Gasteiger partial charge in [-0.25, -0.2) is 0 Å². The Hall–Kier alpha value is -2.41. The fourth-order valence-corrected chi connectivity index (χ4v) is 2.50. The summed E-state index contributed by atoms with van der Waals surface area (Å²) >= 11 is 0. The summed E-state index contributed by atoms with van der Waals surface area (Å²) in [5.74, 6) is 0. The molecule has 0 aromatic heterocycles. The first-order valence-corrected chi connectivity index (χ1v) is 6.99. The van der Waals surface area contributed by atoms with E-state index in [0.29, 0.717) is 0 Å². The van der Waals surface area contributed by atoms with Gasteiger partial charge in [0, 0.05) is 12.4 Å². The Labute approximate surface area is 119 Å². The maximum atomic E-state index is 4.25. The summed E-state index contributed by atoms with van der Waals surface area (Å²) in [6, 6.07) is 19.3. The van der Waals surface area contributed by atoms with E-state index in [4.69, 9.17) is 0 Å². The van der Waals surface area contributed by atoms with Gasteiger partial charge in [0.05, 0.1) is 0 Å². The minimum absolute atomic E-state index is 0.963. The van der Waals surface area contributed by atoms with Crippen molar-refractivity contribution in [2.24, 2.45) is 4.99 Å². The van der Waals surface area contributed by atoms with Crippen LogP contribution in [0, 0.1) is 0 Å². The predicted molar refractivity (Wildman–Crippen MR) is 89.3 cm³/mol. The van der Waals surface area contributed by atoms with E-state index in [0.717, 1.165) is 6.42 Å². The fourth-order valence-electron chi connectivity index (χ4n) is 2.50. The van der Waals surface area contributed by atoms with E-state index in [1.165, 1.54) is 27.1 Å². The van der Waals surface area contributed by atoms with Crippen molar-refractivity contribution in [3.05, 3.63) is 66.4 Å². The van der Waals surface area contributed by atoms with Crippen molar-refractivity contribution >= 4 is 33.8 Å². The molecule has 0 unspecified atom stereocenters. The lowest BCUT2D eigenvalue weighted by molar-refractivity contribution is 1.31. The van der Waals surface area contributed by atoms with Crippen LogP contribution in [-0.4, -0.2) is 6.21 Å². The topological polar surface area (TPSA) is 12.4 Å². The summed E-state index contributed by atoms with van der Waals surface area (Å²) in [4.78, 5) is 4.25. The molecule has 0 fully saturated rings. The molecule has 3 aromatic carbocycles. The third kappa shape index (κ3) is 2.35. The zero-order chi connectivity index (χ0) is 13.8. The summed E-state index contributed by atoms with van der Waals surface area (Å²) in [7, 11) is 0. The summed E-state index contributed by atoms with van der Waals surface area (Å²) in [6.07, 6.45) is 6.82. The van der Waals surface area contributed by atoms with Gasteiger partial charge in [-0.15, -0.1) is 0 Å². The predicted octanol–water partition coefficient (Wildman–Crippen LogP) is 5.44. The smallest absolute Gasteiger partial charge is 0.0270 e. The van der Waals surface area contributed by atoms with E-state index in [2.05, 4.69) is 72.6 Å². The Balaban J connectivity index is 2.17. The lowest BCUT2D eigenvalue weighted by Gasteiger charge is -2.06. The SMILES string of the molecule is CCC=N/C=C\c1cccc2c1ccc1ccccc12. The van der Waals surface area contributed by atoms with Gasteiger partial charge in [-0.1, -0.05) is 61.5 Å². The largest absolute Gasteiger partial charge is 0.269 e. The van der Waals surface area contributed by atoms with Gasteiger partial charge in [0.25, 0.3) is 0 Å². The molecule has 0 radical (unpaired) electrons. The van der Waals surface area contributed by atoms with Crippen molar-refractivity contribution in [1.82, 2.24) is 0 Å². The van der Waals surface area contributed by atoms with Crippen LogP contribution < -0.4 is 0 Å². The molecule has 0 saturated heterocycles. The number of hydrogen-bond acceptors (Lipinski definition) is 1. The molecule has 0 bridgehead atoms. The molecule has 0 heterocycles. The molecule has 20 heavy (non-hydrogen) atoms. The van der Waals surface area contributed by atoms with Crippen LogP contribution in [0.15, 0.2) is 65.8 Å². The average Bonchev–Trinajstić information content (AvgIpc) is 2.51. The highest BCUT2D eigenvalue weighted by atomic mass is 14.7. The summed E-state index contributed by atoms with van der Waals surface area (Å²) < 4.78 is 0. The molecular formula is C19H17N. The molecule has 1 heteroatoms. The molecule has 0 N–H and O–H groups in total. The van der Waals surface area contributed by atoms with E-state index in [1.54, 1.807) is 0 Å². The van der Waals surface area contributed by atoms with Crippen LogP contribution in [0.4, 0.5) is 0 Å². The van der Waals surface area contributed by atoms with Crippen LogP contribution in [0.1, 0.15) is 18.9 Å². The van der Waals surface area contributed by atoms with Crippen molar-refractivity contribution < 1.29 is 0 Å². The van der Waals surface area contributed by atoms with Gasteiger partial charge in [0.2, 0.25) is 0 Å². The molecular weight excluding hydrogens is 242 g/mol. The summed E-state index contributed by atoms with van der Waals surface area (Å²) in [5, 5.41) is 5.15. The van der Waals surface area contributed by atoms with Gasteiger partial charge in [-0.2, -0.15) is 0 Å². The van der Waals surface area contributed by atoms with Crippen LogP contribution >= 0.6 is 0 Å². The average molecular weight is 259 g/mol. The maximum absolute atomic E-state index is 4.25. The molecule has 0 saturated carbocycles. The standard InChI is InChI=1S/C19H17N/c1-2-13-20-14-12-16-7-5-9-19-17-8-4-3-6-15(17)10-11-18(16)19/h3-14H,2H2,1H3/b14-12-,20-13?. The first-order chi connectivity index (χ1) is 9.90. The summed E-state index contributed by atoms with van der Waals surface area (Å²) in [5.41, 5.74) is 1.21. The van der Waals surface area contributed by atoms with Gasteiger partial charge in [0.15, 0.2) is 0 Å². The first-order valence-electron chi connectivity index (χ1n) is 6.99. The molecule has 0 aliphatic heterocycles. The van der Waals surface area contributed by atoms with Gasteiger partial charge < -0.3 is 0 Å².